The van der Waals surface area contributed by atoms with Crippen molar-refractivity contribution in [2.75, 3.05) is 32.8 Å². The van der Waals surface area contributed by atoms with Gasteiger partial charge in [0.2, 0.25) is 11.8 Å². The molecule has 0 aromatic heterocycles. The summed E-state index contributed by atoms with van der Waals surface area (Å²) in [7, 11) is -0.246. The van der Waals surface area contributed by atoms with Crippen LogP contribution in [0.1, 0.15) is 81.1 Å². The lowest BCUT2D eigenvalue weighted by atomic mass is 9.64. The fourth-order valence-electron chi connectivity index (χ4n) is 5.71. The lowest BCUT2D eigenvalue weighted by Crippen LogP contribution is -2.68. The van der Waals surface area contributed by atoms with Gasteiger partial charge in [0.1, 0.15) is 5.54 Å². The zero-order chi connectivity index (χ0) is 26.1. The third kappa shape index (κ3) is 6.99. The van der Waals surface area contributed by atoms with E-state index in [0.717, 1.165) is 45.2 Å². The van der Waals surface area contributed by atoms with Gasteiger partial charge < -0.3 is 24.7 Å². The summed E-state index contributed by atoms with van der Waals surface area (Å²) in [6.45, 7) is 19.7. The monoisotopic (exact) mass is 493 g/mol. The Morgan fingerprint density at radius 3 is 2.17 bits per heavy atom. The third-order valence-corrected chi connectivity index (χ3v) is 8.22. The first kappa shape index (κ1) is 28.4. The number of morpholine rings is 1. The van der Waals surface area contributed by atoms with Crippen molar-refractivity contribution in [2.24, 2.45) is 11.8 Å². The van der Waals surface area contributed by atoms with Gasteiger partial charge in [-0.2, -0.15) is 0 Å². The standard InChI is InChI=1S/C26H48BN3O5/c1-19(31)28-26(22(32)29-23(2,3)4)17-20(9-10-21(26)18-30-13-15-33-16-14-30)11-12-27-34-24(5,6)25(7,8)35-27/h20-21H,9-18H2,1-8H3,(H,28,31)(H,29,32). The molecule has 8 nitrogen and oxygen atoms in total. The van der Waals surface area contributed by atoms with Gasteiger partial charge in [0.15, 0.2) is 0 Å². The van der Waals surface area contributed by atoms with Crippen LogP contribution in [0.2, 0.25) is 6.32 Å². The summed E-state index contributed by atoms with van der Waals surface area (Å²) >= 11 is 0. The summed E-state index contributed by atoms with van der Waals surface area (Å²) in [6.07, 6.45) is 4.22. The predicted octanol–water partition coefficient (Wildman–Crippen LogP) is 3.01. The first-order valence-electron chi connectivity index (χ1n) is 13.4. The molecule has 3 unspecified atom stereocenters. The highest BCUT2D eigenvalue weighted by atomic mass is 16.7. The number of nitrogens with one attached hydrogen (secondary N) is 2. The Labute approximate surface area is 212 Å². The Kier molecular flexibility index (Phi) is 8.67. The first-order valence-corrected chi connectivity index (χ1v) is 13.4. The van der Waals surface area contributed by atoms with Crippen molar-refractivity contribution >= 4 is 18.9 Å². The van der Waals surface area contributed by atoms with Crippen molar-refractivity contribution in [1.29, 1.82) is 0 Å². The van der Waals surface area contributed by atoms with Crippen molar-refractivity contribution in [2.45, 2.75) is 110 Å². The third-order valence-electron chi connectivity index (χ3n) is 8.22. The quantitative estimate of drug-likeness (QED) is 0.530. The van der Waals surface area contributed by atoms with Gasteiger partial charge in [-0.1, -0.05) is 6.42 Å². The minimum atomic E-state index is -0.934. The second-order valence-corrected chi connectivity index (χ2v) is 12.9. The Morgan fingerprint density at radius 1 is 1.03 bits per heavy atom. The van der Waals surface area contributed by atoms with Crippen LogP contribution in [0, 0.1) is 11.8 Å². The summed E-state index contributed by atoms with van der Waals surface area (Å²) in [5.74, 6) is 0.110. The summed E-state index contributed by atoms with van der Waals surface area (Å²) < 4.78 is 18.0. The largest absolute Gasteiger partial charge is 0.457 e. The van der Waals surface area contributed by atoms with Crippen molar-refractivity contribution in [1.82, 2.24) is 15.5 Å². The number of nitrogens with zero attached hydrogens (tertiary/aromatic N) is 1. The van der Waals surface area contributed by atoms with Gasteiger partial charge in [-0.3, -0.25) is 14.5 Å². The molecule has 3 aliphatic rings. The molecule has 200 valence electrons. The topological polar surface area (TPSA) is 89.1 Å². The Morgan fingerprint density at radius 2 is 1.63 bits per heavy atom. The minimum absolute atomic E-state index is 0.0416. The fraction of sp³-hybridized carbons (Fsp3) is 0.923. The molecule has 1 saturated carbocycles. The minimum Gasteiger partial charge on any atom is -0.403 e. The van der Waals surface area contributed by atoms with E-state index in [1.807, 2.05) is 20.8 Å². The molecule has 2 aliphatic heterocycles. The van der Waals surface area contributed by atoms with Gasteiger partial charge in [0.25, 0.3) is 0 Å². The molecule has 3 atom stereocenters. The highest BCUT2D eigenvalue weighted by Gasteiger charge is 2.53. The molecule has 1 aliphatic carbocycles. The average molecular weight is 493 g/mol. The summed E-state index contributed by atoms with van der Waals surface area (Å²) in [5.41, 5.74) is -2.02. The molecule has 3 rings (SSSR count). The first-order chi connectivity index (χ1) is 16.1. The van der Waals surface area contributed by atoms with E-state index >= 15 is 0 Å². The number of amides is 2. The van der Waals surface area contributed by atoms with Gasteiger partial charge in [-0.05, 0) is 80.0 Å². The zero-order valence-electron chi connectivity index (χ0n) is 23.3. The lowest BCUT2D eigenvalue weighted by Gasteiger charge is -2.48. The van der Waals surface area contributed by atoms with Crippen LogP contribution >= 0.6 is 0 Å². The van der Waals surface area contributed by atoms with Gasteiger partial charge >= 0.3 is 7.12 Å². The maximum atomic E-state index is 13.9. The molecular weight excluding hydrogens is 445 g/mol. The zero-order valence-corrected chi connectivity index (χ0v) is 23.3. The van der Waals surface area contributed by atoms with Crippen molar-refractivity contribution < 1.29 is 23.6 Å². The molecule has 2 amide bonds. The van der Waals surface area contributed by atoms with Crippen molar-refractivity contribution in [3.8, 4) is 0 Å². The Balaban J connectivity index is 1.78. The van der Waals surface area contributed by atoms with Crippen LogP contribution in [0.25, 0.3) is 0 Å². The molecule has 2 heterocycles. The molecular formula is C26H48BN3O5. The molecule has 0 aromatic rings. The van der Waals surface area contributed by atoms with Crippen LogP contribution in [-0.4, -0.2) is 79.0 Å². The molecule has 9 heteroatoms. The van der Waals surface area contributed by atoms with Crippen LogP contribution in [0.3, 0.4) is 0 Å². The molecule has 0 aromatic carbocycles. The van der Waals surface area contributed by atoms with Gasteiger partial charge in [-0.25, -0.2) is 0 Å². The number of hydrogen-bond donors (Lipinski definition) is 2. The summed E-state index contributed by atoms with van der Waals surface area (Å²) in [4.78, 5) is 28.7. The molecule has 35 heavy (non-hydrogen) atoms. The molecule has 3 fully saturated rings. The van der Waals surface area contributed by atoms with Crippen LogP contribution in [0.5, 0.6) is 0 Å². The molecule has 2 N–H and O–H groups in total. The van der Waals surface area contributed by atoms with Gasteiger partial charge in [0, 0.05) is 38.0 Å². The van der Waals surface area contributed by atoms with Crippen LogP contribution < -0.4 is 10.6 Å². The van der Waals surface area contributed by atoms with E-state index < -0.39 is 5.54 Å². The maximum absolute atomic E-state index is 13.9. The predicted molar refractivity (Wildman–Crippen MR) is 138 cm³/mol. The molecule has 0 spiro atoms. The molecule has 2 saturated heterocycles. The van der Waals surface area contributed by atoms with Crippen LogP contribution in [0.15, 0.2) is 0 Å². The van der Waals surface area contributed by atoms with E-state index in [1.54, 1.807) is 0 Å². The number of rotatable bonds is 7. The SMILES string of the molecule is CC(=O)NC1(C(=O)NC(C)(C)C)CC(CCB2OC(C)(C)C(C)(C)O2)CCC1CN1CCOCC1. The summed E-state index contributed by atoms with van der Waals surface area (Å²) in [6, 6.07) is 0. The number of carbonyl (C=O) groups excluding carboxylic acids is 2. The normalized spacial score (nSPS) is 31.3. The van der Waals surface area contributed by atoms with Crippen molar-refractivity contribution in [3.63, 3.8) is 0 Å². The molecule has 0 bridgehead atoms. The summed E-state index contributed by atoms with van der Waals surface area (Å²) in [5, 5.41) is 6.37. The van der Waals surface area contributed by atoms with Crippen LogP contribution in [0.4, 0.5) is 0 Å². The van der Waals surface area contributed by atoms with E-state index in [4.69, 9.17) is 14.0 Å². The van der Waals surface area contributed by atoms with Gasteiger partial charge in [-0.15, -0.1) is 0 Å². The highest BCUT2D eigenvalue weighted by Crippen LogP contribution is 2.43. The molecule has 0 radical (unpaired) electrons. The second-order valence-electron chi connectivity index (χ2n) is 12.9. The van der Waals surface area contributed by atoms with E-state index in [0.29, 0.717) is 25.6 Å². The highest BCUT2D eigenvalue weighted by molar-refractivity contribution is 6.45. The second kappa shape index (κ2) is 10.7. The van der Waals surface area contributed by atoms with E-state index in [1.165, 1.54) is 6.92 Å². The number of hydrogen-bond acceptors (Lipinski definition) is 6. The number of carbonyl (C=O) groups is 2. The Hall–Kier alpha value is -1.16. The van der Waals surface area contributed by atoms with E-state index in [2.05, 4.69) is 43.2 Å². The van der Waals surface area contributed by atoms with Crippen molar-refractivity contribution in [3.05, 3.63) is 0 Å². The number of ether oxygens (including phenoxy) is 1. The maximum Gasteiger partial charge on any atom is 0.457 e. The Bertz CT molecular complexity index is 747. The lowest BCUT2D eigenvalue weighted by molar-refractivity contribution is -0.140. The average Bonchev–Trinajstić information content (AvgIpc) is 2.93. The van der Waals surface area contributed by atoms with Crippen LogP contribution in [-0.2, 0) is 23.6 Å². The van der Waals surface area contributed by atoms with Gasteiger partial charge in [0.05, 0.1) is 24.4 Å². The van der Waals surface area contributed by atoms with E-state index in [9.17, 15) is 9.59 Å². The smallest absolute Gasteiger partial charge is 0.403 e. The fourth-order valence-corrected chi connectivity index (χ4v) is 5.71. The van der Waals surface area contributed by atoms with E-state index in [-0.39, 0.29) is 41.6 Å².